The molecule has 3 aliphatic heterocycles. The Kier molecular flexibility index (Phi) is 15.5. The fourth-order valence-corrected chi connectivity index (χ4v) is 15.4. The zero-order valence-corrected chi connectivity index (χ0v) is 42.4. The number of carboxylic acid groups (broad SMARTS) is 1. The lowest BCUT2D eigenvalue weighted by molar-refractivity contribution is -0.373. The minimum absolute atomic E-state index is 0.0332. The van der Waals surface area contributed by atoms with E-state index in [2.05, 4.69) is 54.5 Å². The molecule has 0 unspecified atom stereocenters. The number of rotatable bonds is 12. The van der Waals surface area contributed by atoms with Crippen LogP contribution in [0.25, 0.3) is 0 Å². The molecule has 3 heterocycles. The topological polar surface area (TPSA) is 321 Å². The third kappa shape index (κ3) is 9.36. The van der Waals surface area contributed by atoms with Crippen molar-refractivity contribution in [2.45, 2.75) is 224 Å². The number of aliphatic carboxylic acids is 1. The van der Waals surface area contributed by atoms with E-state index in [1.54, 1.807) is 0 Å². The van der Waals surface area contributed by atoms with Crippen molar-refractivity contribution in [3.8, 4) is 0 Å². The SMILES string of the molecule is C[C@@H]1O[C@@H](O[C@H]2[C@H](O)[C@@H](O)[C@H](O[C@H]3CC[C@]4(C)[C@H]5CC=C6[C@@H]7CC(C)(C)CC[C@]7(CO)[C@@H](O)C[C@@]6(C)[C@]5(C)CC[C@H]4C3(C)C)O[C@@H]2CO[C@@H]2O[C@H](COC(=O)CC(=O)O)[C@@H](O)[C@H](O)[C@H]2O)[C@H](O)[C@H](O)[C@H]1O. The van der Waals surface area contributed by atoms with Gasteiger partial charge in [-0.1, -0.05) is 60.1 Å². The maximum Gasteiger partial charge on any atom is 0.317 e. The summed E-state index contributed by atoms with van der Waals surface area (Å²) in [7, 11) is 0. The van der Waals surface area contributed by atoms with E-state index in [0.717, 1.165) is 44.9 Å². The van der Waals surface area contributed by atoms with Gasteiger partial charge in [0.2, 0.25) is 0 Å². The summed E-state index contributed by atoms with van der Waals surface area (Å²) in [5.74, 6) is -2.11. The number of carbonyl (C=O) groups is 2. The van der Waals surface area contributed by atoms with Crippen LogP contribution >= 0.6 is 0 Å². The predicted molar refractivity (Wildman–Crippen MR) is 246 cm³/mol. The summed E-state index contributed by atoms with van der Waals surface area (Å²) in [5.41, 5.74) is -0.149. The molecule has 0 aromatic rings. The molecule has 8 aliphatic rings. The van der Waals surface area contributed by atoms with E-state index in [-0.39, 0.29) is 46.0 Å². The molecule has 0 aromatic heterocycles. The highest BCUT2D eigenvalue weighted by Gasteiger charge is 2.70. The number of aliphatic hydroxyl groups excluding tert-OH is 10. The summed E-state index contributed by atoms with van der Waals surface area (Å²) < 4.78 is 41.4. The van der Waals surface area contributed by atoms with Gasteiger partial charge < -0.3 is 89.3 Å². The normalized spacial score (nSPS) is 51.4. The maximum absolute atomic E-state index is 12.1. The largest absolute Gasteiger partial charge is 0.481 e. The van der Waals surface area contributed by atoms with Crippen LogP contribution in [0.5, 0.6) is 0 Å². The van der Waals surface area contributed by atoms with Crippen molar-refractivity contribution in [1.82, 2.24) is 0 Å². The molecule has 5 aliphatic carbocycles. The Bertz CT molecular complexity index is 1970. The van der Waals surface area contributed by atoms with Gasteiger partial charge in [-0.3, -0.25) is 9.59 Å². The summed E-state index contributed by atoms with van der Waals surface area (Å²) in [5, 5.41) is 120. The van der Waals surface area contributed by atoms with Crippen molar-refractivity contribution in [2.75, 3.05) is 19.8 Å². The van der Waals surface area contributed by atoms with Crippen LogP contribution in [0, 0.1) is 50.2 Å². The molecule has 3 saturated heterocycles. The quantitative estimate of drug-likeness (QED) is 0.0553. The summed E-state index contributed by atoms with van der Waals surface area (Å²) in [6, 6.07) is 0. The van der Waals surface area contributed by atoms with E-state index >= 15 is 0 Å². The highest BCUT2D eigenvalue weighted by molar-refractivity contribution is 5.90. The van der Waals surface area contributed by atoms with Gasteiger partial charge in [-0.25, -0.2) is 0 Å². The Hall–Kier alpha value is -1.96. The standard InChI is InChI=1S/C51H82O20/c1-23-34(57)36(59)40(63)44(67-23)71-42-27(21-66-43-39(62)37(60)35(58)26(68-43)20-65-33(56)17-32(54)55)69-45(41(64)38(42)61)70-31-12-13-48(6)28(47(31,4)5)11-14-49(7)29(48)10-9-24-25-18-46(2,3)15-16-51(25,22-52)30(53)19-50(24,49)8/h9,23,25-31,34-45,52-53,57-64H,10-22H2,1-8H3,(H,54,55)/t23-,25-,26+,27+,28-,29+,30-,31-,34-,35+,36+,37-,38+,39+,40+,41+,42+,43+,44-,45-,48-,49+,50+,51+/m0/s1. The molecule has 406 valence electrons. The molecule has 20 nitrogen and oxygen atoms in total. The minimum Gasteiger partial charge on any atom is -0.481 e. The number of aliphatic hydroxyl groups is 10. The Labute approximate surface area is 415 Å². The molecule has 0 radical (unpaired) electrons. The Morgan fingerprint density at radius 3 is 1.99 bits per heavy atom. The van der Waals surface area contributed by atoms with Gasteiger partial charge in [-0.15, -0.1) is 0 Å². The number of esters is 1. The third-order valence-electron chi connectivity index (χ3n) is 19.9. The number of ether oxygens (including phenoxy) is 7. The Morgan fingerprint density at radius 2 is 1.31 bits per heavy atom. The van der Waals surface area contributed by atoms with Gasteiger partial charge in [0.1, 0.15) is 80.2 Å². The fourth-order valence-electron chi connectivity index (χ4n) is 15.4. The molecule has 0 spiro atoms. The van der Waals surface area contributed by atoms with Crippen LogP contribution in [0.3, 0.4) is 0 Å². The molecule has 20 heteroatoms. The van der Waals surface area contributed by atoms with E-state index in [1.807, 2.05) is 0 Å². The molecule has 0 amide bonds. The average molecular weight is 1020 g/mol. The molecule has 0 aromatic carbocycles. The molecule has 7 fully saturated rings. The lowest BCUT2D eigenvalue weighted by Gasteiger charge is -2.72. The molecule has 24 atom stereocenters. The number of hydrogen-bond donors (Lipinski definition) is 11. The van der Waals surface area contributed by atoms with Crippen molar-refractivity contribution >= 4 is 11.9 Å². The molecule has 4 saturated carbocycles. The predicted octanol–water partition coefficient (Wildman–Crippen LogP) is 0.638. The first kappa shape index (κ1) is 55.3. The van der Waals surface area contributed by atoms with Crippen LogP contribution in [0.2, 0.25) is 0 Å². The van der Waals surface area contributed by atoms with Crippen molar-refractivity contribution in [1.29, 1.82) is 0 Å². The van der Waals surface area contributed by atoms with E-state index in [9.17, 15) is 60.7 Å². The van der Waals surface area contributed by atoms with Crippen molar-refractivity contribution in [3.63, 3.8) is 0 Å². The van der Waals surface area contributed by atoms with E-state index < -0.39 is 147 Å². The average Bonchev–Trinajstić information content (AvgIpc) is 3.29. The van der Waals surface area contributed by atoms with Gasteiger partial charge in [0.15, 0.2) is 18.9 Å². The monoisotopic (exact) mass is 1010 g/mol. The number of allylic oxidation sites excluding steroid dienone is 2. The van der Waals surface area contributed by atoms with Crippen LogP contribution in [0.1, 0.15) is 120 Å². The lowest BCUT2D eigenvalue weighted by atomic mass is 9.33. The van der Waals surface area contributed by atoms with Crippen LogP contribution < -0.4 is 0 Å². The van der Waals surface area contributed by atoms with E-state index in [4.69, 9.17) is 38.3 Å². The van der Waals surface area contributed by atoms with Crippen LogP contribution in [-0.2, 0) is 42.7 Å². The molecular weight excluding hydrogens is 933 g/mol. The molecule has 11 N–H and O–H groups in total. The molecule has 71 heavy (non-hydrogen) atoms. The number of carbonyl (C=O) groups excluding carboxylic acids is 1. The van der Waals surface area contributed by atoms with Gasteiger partial charge in [-0.2, -0.15) is 0 Å². The first-order valence-corrected chi connectivity index (χ1v) is 25.8. The van der Waals surface area contributed by atoms with Crippen LogP contribution in [0.15, 0.2) is 11.6 Å². The third-order valence-corrected chi connectivity index (χ3v) is 19.9. The van der Waals surface area contributed by atoms with Gasteiger partial charge >= 0.3 is 11.9 Å². The van der Waals surface area contributed by atoms with Crippen LogP contribution in [0.4, 0.5) is 0 Å². The highest BCUT2D eigenvalue weighted by Crippen LogP contribution is 2.76. The summed E-state index contributed by atoms with van der Waals surface area (Å²) in [6.45, 7) is 16.2. The summed E-state index contributed by atoms with van der Waals surface area (Å²) in [4.78, 5) is 22.9. The number of fused-ring (bicyclic) bond motifs is 7. The van der Waals surface area contributed by atoms with E-state index in [1.165, 1.54) is 12.5 Å². The molecule has 0 bridgehead atoms. The second-order valence-corrected chi connectivity index (χ2v) is 24.7. The lowest BCUT2D eigenvalue weighted by Crippen LogP contribution is -2.67. The van der Waals surface area contributed by atoms with Gasteiger partial charge in [-0.05, 0) is 110 Å². The van der Waals surface area contributed by atoms with Gasteiger partial charge in [0.05, 0.1) is 31.5 Å². The van der Waals surface area contributed by atoms with Crippen molar-refractivity contribution < 1.29 is 98.9 Å². The zero-order valence-electron chi connectivity index (χ0n) is 42.4. The second kappa shape index (κ2) is 19.9. The highest BCUT2D eigenvalue weighted by atomic mass is 16.8. The fraction of sp³-hybridized carbons (Fsp3) is 0.922. The molecule has 8 rings (SSSR count). The number of hydrogen-bond acceptors (Lipinski definition) is 19. The van der Waals surface area contributed by atoms with Crippen molar-refractivity contribution in [2.24, 2.45) is 50.2 Å². The Balaban J connectivity index is 1.02. The minimum atomic E-state index is -1.89. The van der Waals surface area contributed by atoms with Gasteiger partial charge in [0, 0.05) is 5.41 Å². The summed E-state index contributed by atoms with van der Waals surface area (Å²) >= 11 is 0. The second-order valence-electron chi connectivity index (χ2n) is 24.7. The first-order valence-electron chi connectivity index (χ1n) is 25.8. The maximum atomic E-state index is 12.1. The zero-order chi connectivity index (χ0) is 52.1. The molecular formula is C51H82O20. The number of carboxylic acids is 1. The van der Waals surface area contributed by atoms with Crippen molar-refractivity contribution in [3.05, 3.63) is 11.6 Å². The first-order chi connectivity index (χ1) is 33.1. The van der Waals surface area contributed by atoms with E-state index in [0.29, 0.717) is 12.8 Å². The smallest absolute Gasteiger partial charge is 0.317 e. The van der Waals surface area contributed by atoms with Crippen LogP contribution in [-0.4, -0.2) is 192 Å². The Morgan fingerprint density at radius 1 is 0.676 bits per heavy atom. The van der Waals surface area contributed by atoms with Gasteiger partial charge in [0.25, 0.3) is 0 Å². The summed E-state index contributed by atoms with van der Waals surface area (Å²) in [6.07, 6.45) is -16.9.